The van der Waals surface area contributed by atoms with Crippen molar-refractivity contribution in [2.45, 2.75) is 19.8 Å². The van der Waals surface area contributed by atoms with Crippen molar-refractivity contribution in [3.05, 3.63) is 0 Å². The molecule has 66 valence electrons. The van der Waals surface area contributed by atoms with Gasteiger partial charge < -0.3 is 9.64 Å². The third-order valence-electron chi connectivity index (χ3n) is 2.66. The highest BCUT2D eigenvalue weighted by Gasteiger charge is 2.31. The molecule has 0 aromatic rings. The second-order valence-electron chi connectivity index (χ2n) is 4.04. The van der Waals surface area contributed by atoms with Gasteiger partial charge in [-0.3, -0.25) is 0 Å². The predicted molar refractivity (Wildman–Crippen MR) is 46.7 cm³/mol. The summed E-state index contributed by atoms with van der Waals surface area (Å²) in [6.07, 6.45) is 2.53. The second-order valence-corrected chi connectivity index (χ2v) is 4.04. The molecule has 1 fully saturated rings. The summed E-state index contributed by atoms with van der Waals surface area (Å²) in [7, 11) is 3.97. The van der Waals surface area contributed by atoms with Gasteiger partial charge in [0.05, 0.1) is 0 Å². The van der Waals surface area contributed by atoms with Crippen molar-refractivity contribution in [3.63, 3.8) is 0 Å². The summed E-state index contributed by atoms with van der Waals surface area (Å²) in [5.41, 5.74) is 0.519. The Morgan fingerprint density at radius 2 is 2.27 bits per heavy atom. The number of nitrogens with zero attached hydrogens (tertiary/aromatic N) is 1. The van der Waals surface area contributed by atoms with Gasteiger partial charge in [0.15, 0.2) is 0 Å². The van der Waals surface area contributed by atoms with Crippen LogP contribution in [-0.2, 0) is 4.74 Å². The summed E-state index contributed by atoms with van der Waals surface area (Å²) in [5.74, 6) is 0. The van der Waals surface area contributed by atoms with Crippen LogP contribution in [0.2, 0.25) is 0 Å². The van der Waals surface area contributed by atoms with Crippen LogP contribution < -0.4 is 0 Å². The average Bonchev–Trinajstić information content (AvgIpc) is 2.28. The highest BCUT2D eigenvalue weighted by Crippen LogP contribution is 2.32. The van der Waals surface area contributed by atoms with Crippen molar-refractivity contribution in [1.82, 2.24) is 4.90 Å². The molecule has 0 aromatic carbocycles. The molecule has 0 spiro atoms. The van der Waals surface area contributed by atoms with Gasteiger partial charge >= 0.3 is 0 Å². The summed E-state index contributed by atoms with van der Waals surface area (Å²) in [6.45, 7) is 5.75. The monoisotopic (exact) mass is 157 g/mol. The maximum absolute atomic E-state index is 5.09. The number of methoxy groups -OCH3 is 1. The first kappa shape index (κ1) is 9.01. The number of likely N-dealkylation sites (tertiary alicyclic amines) is 1. The quantitative estimate of drug-likeness (QED) is 0.613. The first-order chi connectivity index (χ1) is 5.16. The van der Waals surface area contributed by atoms with E-state index in [1.54, 1.807) is 7.11 Å². The van der Waals surface area contributed by atoms with E-state index in [2.05, 4.69) is 18.9 Å². The lowest BCUT2D eigenvalue weighted by atomic mass is 9.86. The number of hydrogen-bond donors (Lipinski definition) is 0. The largest absolute Gasteiger partial charge is 0.385 e. The Balaban J connectivity index is 2.29. The van der Waals surface area contributed by atoms with Crippen LogP contribution in [0.15, 0.2) is 0 Å². The molecule has 0 N–H and O–H groups in total. The number of rotatable bonds is 3. The van der Waals surface area contributed by atoms with Gasteiger partial charge in [-0.05, 0) is 31.8 Å². The summed E-state index contributed by atoms with van der Waals surface area (Å²) >= 11 is 0. The van der Waals surface area contributed by atoms with Crippen molar-refractivity contribution in [1.29, 1.82) is 0 Å². The summed E-state index contributed by atoms with van der Waals surface area (Å²) in [5, 5.41) is 0. The van der Waals surface area contributed by atoms with E-state index in [-0.39, 0.29) is 0 Å². The molecule has 1 saturated heterocycles. The lowest BCUT2D eigenvalue weighted by Gasteiger charge is -2.22. The van der Waals surface area contributed by atoms with E-state index in [1.807, 2.05) is 0 Å². The fourth-order valence-electron chi connectivity index (χ4n) is 1.82. The van der Waals surface area contributed by atoms with E-state index < -0.39 is 0 Å². The highest BCUT2D eigenvalue weighted by atomic mass is 16.5. The Bertz CT molecular complexity index is 127. The van der Waals surface area contributed by atoms with Crippen LogP contribution >= 0.6 is 0 Å². The van der Waals surface area contributed by atoms with Crippen molar-refractivity contribution in [2.24, 2.45) is 5.41 Å². The van der Waals surface area contributed by atoms with Gasteiger partial charge in [0.2, 0.25) is 0 Å². The SMILES string of the molecule is COCCC1(C)CCN(C)C1. The fraction of sp³-hybridized carbons (Fsp3) is 1.00. The molecular formula is C9H19NO. The van der Waals surface area contributed by atoms with Crippen LogP contribution in [0.1, 0.15) is 19.8 Å². The standard InChI is InChI=1S/C9H19NO/c1-9(5-7-11-3)4-6-10(2)8-9/h4-8H2,1-3H3. The first-order valence-corrected chi connectivity index (χ1v) is 4.34. The summed E-state index contributed by atoms with van der Waals surface area (Å²) in [6, 6.07) is 0. The van der Waals surface area contributed by atoms with Gasteiger partial charge in [0.25, 0.3) is 0 Å². The van der Waals surface area contributed by atoms with Gasteiger partial charge in [-0.1, -0.05) is 6.92 Å². The molecule has 1 rings (SSSR count). The van der Waals surface area contributed by atoms with Crippen LogP contribution in [0, 0.1) is 5.41 Å². The van der Waals surface area contributed by atoms with Crippen LogP contribution in [0.25, 0.3) is 0 Å². The highest BCUT2D eigenvalue weighted by molar-refractivity contribution is 4.84. The molecule has 0 aliphatic carbocycles. The Morgan fingerprint density at radius 3 is 2.73 bits per heavy atom. The smallest absolute Gasteiger partial charge is 0.0467 e. The minimum atomic E-state index is 0.519. The molecule has 1 atom stereocenters. The Morgan fingerprint density at radius 1 is 1.55 bits per heavy atom. The molecule has 11 heavy (non-hydrogen) atoms. The summed E-state index contributed by atoms with van der Waals surface area (Å²) < 4.78 is 5.09. The molecule has 0 bridgehead atoms. The minimum absolute atomic E-state index is 0.519. The average molecular weight is 157 g/mol. The lowest BCUT2D eigenvalue weighted by Crippen LogP contribution is -2.23. The van der Waals surface area contributed by atoms with E-state index in [0.717, 1.165) is 6.61 Å². The molecule has 1 aliphatic rings. The lowest BCUT2D eigenvalue weighted by molar-refractivity contribution is 0.147. The third-order valence-corrected chi connectivity index (χ3v) is 2.66. The third kappa shape index (κ3) is 2.46. The fourth-order valence-corrected chi connectivity index (χ4v) is 1.82. The van der Waals surface area contributed by atoms with Crippen molar-refractivity contribution in [2.75, 3.05) is 33.9 Å². The van der Waals surface area contributed by atoms with E-state index in [0.29, 0.717) is 5.41 Å². The zero-order valence-corrected chi connectivity index (χ0v) is 7.89. The molecule has 0 amide bonds. The maximum atomic E-state index is 5.09. The Labute approximate surface area is 69.5 Å². The van der Waals surface area contributed by atoms with Gasteiger partial charge in [-0.2, -0.15) is 0 Å². The zero-order chi connectivity index (χ0) is 8.32. The van der Waals surface area contributed by atoms with Crippen LogP contribution in [0.3, 0.4) is 0 Å². The molecule has 1 unspecified atom stereocenters. The van der Waals surface area contributed by atoms with Crippen molar-refractivity contribution < 1.29 is 4.74 Å². The van der Waals surface area contributed by atoms with Gasteiger partial charge in [0.1, 0.15) is 0 Å². The van der Waals surface area contributed by atoms with Crippen LogP contribution in [-0.4, -0.2) is 38.8 Å². The van der Waals surface area contributed by atoms with Crippen molar-refractivity contribution in [3.8, 4) is 0 Å². The second kappa shape index (κ2) is 3.55. The molecule has 0 aromatic heterocycles. The first-order valence-electron chi connectivity index (χ1n) is 4.34. The number of ether oxygens (including phenoxy) is 1. The molecule has 1 heterocycles. The van der Waals surface area contributed by atoms with Gasteiger partial charge in [-0.15, -0.1) is 0 Å². The summed E-state index contributed by atoms with van der Waals surface area (Å²) in [4.78, 5) is 2.40. The van der Waals surface area contributed by atoms with Gasteiger partial charge in [-0.25, -0.2) is 0 Å². The maximum Gasteiger partial charge on any atom is 0.0467 e. The van der Waals surface area contributed by atoms with Crippen LogP contribution in [0.5, 0.6) is 0 Å². The predicted octanol–water partition coefficient (Wildman–Crippen LogP) is 1.36. The Kier molecular flexibility index (Phi) is 2.90. The van der Waals surface area contributed by atoms with Gasteiger partial charge in [0, 0.05) is 20.3 Å². The van der Waals surface area contributed by atoms with Crippen molar-refractivity contribution >= 4 is 0 Å². The Hall–Kier alpha value is -0.0800. The van der Waals surface area contributed by atoms with E-state index >= 15 is 0 Å². The molecular weight excluding hydrogens is 138 g/mol. The molecule has 2 heteroatoms. The minimum Gasteiger partial charge on any atom is -0.385 e. The molecule has 1 aliphatic heterocycles. The topological polar surface area (TPSA) is 12.5 Å². The molecule has 0 saturated carbocycles. The normalized spacial score (nSPS) is 33.0. The molecule has 0 radical (unpaired) electrons. The van der Waals surface area contributed by atoms with Crippen LogP contribution in [0.4, 0.5) is 0 Å². The van der Waals surface area contributed by atoms with E-state index in [9.17, 15) is 0 Å². The van der Waals surface area contributed by atoms with E-state index in [1.165, 1.54) is 25.9 Å². The number of hydrogen-bond acceptors (Lipinski definition) is 2. The molecule has 2 nitrogen and oxygen atoms in total. The zero-order valence-electron chi connectivity index (χ0n) is 7.89. The van der Waals surface area contributed by atoms with E-state index in [4.69, 9.17) is 4.74 Å².